The van der Waals surface area contributed by atoms with Gasteiger partial charge in [0.05, 0.1) is 31.8 Å². The number of allylic oxidation sites excluding steroid dienone is 1. The van der Waals surface area contributed by atoms with Crippen molar-refractivity contribution in [2.75, 3.05) is 52.5 Å². The van der Waals surface area contributed by atoms with Gasteiger partial charge in [-0.15, -0.1) is 0 Å². The molecule has 3 saturated carbocycles. The van der Waals surface area contributed by atoms with Crippen molar-refractivity contribution < 1.29 is 13.9 Å². The van der Waals surface area contributed by atoms with Crippen LogP contribution in [-0.4, -0.2) is 68.4 Å². The Hall–Kier alpha value is -1.14. The van der Waals surface area contributed by atoms with Gasteiger partial charge in [-0.3, -0.25) is 0 Å². The number of fused-ring (bicyclic) bond motifs is 5. The van der Waals surface area contributed by atoms with Crippen LogP contribution in [0, 0.1) is 28.6 Å². The first kappa shape index (κ1) is 27.7. The summed E-state index contributed by atoms with van der Waals surface area (Å²) < 4.78 is 19.3. The maximum absolute atomic E-state index is 7.14. The van der Waals surface area contributed by atoms with Crippen LogP contribution in [0.2, 0.25) is 0 Å². The molecule has 0 N–H and O–H groups in total. The summed E-state index contributed by atoms with van der Waals surface area (Å²) in [5.41, 5.74) is 3.36. The first-order valence-corrected chi connectivity index (χ1v) is 17.0. The standard InChI is InChI=1S/C35H54N2O3/c1-33-13-9-29(39-23-20-36-16-3-4-17-36)25-27(33)7-8-30-31(33)10-14-34(2)32(30)11-15-35(34,28-12-22-38-26-28)40-24-21-37-18-5-6-19-37/h12,22,25-26,29-32H,3-11,13-21,23-24H2,1-2H3/t29-,30+,31-,32-,33-,34-,35+/m0/s1. The maximum atomic E-state index is 7.14. The van der Waals surface area contributed by atoms with E-state index in [-0.39, 0.29) is 11.0 Å². The Labute approximate surface area is 243 Å². The molecule has 40 heavy (non-hydrogen) atoms. The number of rotatable bonds is 9. The van der Waals surface area contributed by atoms with E-state index >= 15 is 0 Å². The Morgan fingerprint density at radius 3 is 2.30 bits per heavy atom. The van der Waals surface area contributed by atoms with Crippen molar-refractivity contribution >= 4 is 0 Å². The molecule has 6 aliphatic rings. The van der Waals surface area contributed by atoms with Crippen molar-refractivity contribution in [2.24, 2.45) is 28.6 Å². The molecule has 0 radical (unpaired) electrons. The SMILES string of the molecule is C[C@]12CC[C@H](OCCN3CCCC3)C=C1CC[C@@H]1[C@@H]2CC[C@@]2(C)[C@H]1CC[C@@]2(OCCN1CCCC1)c1ccoc1. The van der Waals surface area contributed by atoms with E-state index in [4.69, 9.17) is 13.9 Å². The van der Waals surface area contributed by atoms with Crippen LogP contribution < -0.4 is 0 Å². The van der Waals surface area contributed by atoms with Crippen molar-refractivity contribution in [3.05, 3.63) is 35.8 Å². The van der Waals surface area contributed by atoms with Crippen LogP contribution >= 0.6 is 0 Å². The van der Waals surface area contributed by atoms with Gasteiger partial charge in [0.25, 0.3) is 0 Å². The molecule has 2 saturated heterocycles. The molecule has 222 valence electrons. The zero-order valence-electron chi connectivity index (χ0n) is 25.4. The van der Waals surface area contributed by atoms with E-state index in [1.54, 1.807) is 5.57 Å². The van der Waals surface area contributed by atoms with Crippen molar-refractivity contribution in [3.8, 4) is 0 Å². The van der Waals surface area contributed by atoms with Gasteiger partial charge in [0.15, 0.2) is 0 Å². The highest BCUT2D eigenvalue weighted by atomic mass is 16.5. The molecule has 5 nitrogen and oxygen atoms in total. The van der Waals surface area contributed by atoms with Gasteiger partial charge in [-0.1, -0.05) is 25.5 Å². The first-order chi connectivity index (χ1) is 19.5. The van der Waals surface area contributed by atoms with E-state index in [0.717, 1.165) is 50.5 Å². The van der Waals surface area contributed by atoms with Gasteiger partial charge >= 0.3 is 0 Å². The third-order valence-electron chi connectivity index (χ3n) is 13.1. The summed E-state index contributed by atoms with van der Waals surface area (Å²) in [6.45, 7) is 14.2. The Balaban J connectivity index is 1.06. The van der Waals surface area contributed by atoms with Gasteiger partial charge in [0.2, 0.25) is 0 Å². The average molecular weight is 551 g/mol. The van der Waals surface area contributed by atoms with Crippen molar-refractivity contribution in [3.63, 3.8) is 0 Å². The molecule has 7 rings (SSSR count). The van der Waals surface area contributed by atoms with Gasteiger partial charge in [0, 0.05) is 24.1 Å². The topological polar surface area (TPSA) is 38.1 Å². The third kappa shape index (κ3) is 4.66. The lowest BCUT2D eigenvalue weighted by atomic mass is 9.46. The molecule has 0 amide bonds. The van der Waals surface area contributed by atoms with E-state index in [0.29, 0.717) is 11.5 Å². The van der Waals surface area contributed by atoms with Crippen molar-refractivity contribution in [1.29, 1.82) is 0 Å². The number of hydrogen-bond donors (Lipinski definition) is 0. The molecular formula is C35H54N2O3. The van der Waals surface area contributed by atoms with Crippen LogP contribution in [0.15, 0.2) is 34.7 Å². The van der Waals surface area contributed by atoms with Gasteiger partial charge in [-0.05, 0) is 132 Å². The minimum absolute atomic E-state index is 0.177. The minimum Gasteiger partial charge on any atom is -0.472 e. The minimum atomic E-state index is -0.201. The summed E-state index contributed by atoms with van der Waals surface area (Å²) in [6.07, 6.45) is 22.4. The molecule has 7 atom stereocenters. The average Bonchev–Trinajstić information content (AvgIpc) is 3.77. The highest BCUT2D eigenvalue weighted by Gasteiger charge is 2.65. The van der Waals surface area contributed by atoms with E-state index < -0.39 is 0 Å². The molecule has 2 aliphatic heterocycles. The number of nitrogens with zero attached hydrogens (tertiary/aromatic N) is 2. The van der Waals surface area contributed by atoms with E-state index in [1.165, 1.54) is 102 Å². The molecule has 0 aromatic carbocycles. The summed E-state index contributed by atoms with van der Waals surface area (Å²) in [6, 6.07) is 2.21. The second-order valence-electron chi connectivity index (χ2n) is 14.8. The number of furan rings is 1. The summed E-state index contributed by atoms with van der Waals surface area (Å²) in [7, 11) is 0. The number of ether oxygens (including phenoxy) is 2. The first-order valence-electron chi connectivity index (χ1n) is 17.0. The quantitative estimate of drug-likeness (QED) is 0.309. The molecule has 1 aromatic rings. The number of hydrogen-bond acceptors (Lipinski definition) is 5. The fourth-order valence-corrected chi connectivity index (χ4v) is 10.8. The molecule has 0 unspecified atom stereocenters. The second-order valence-corrected chi connectivity index (χ2v) is 14.8. The maximum Gasteiger partial charge on any atom is 0.102 e. The van der Waals surface area contributed by atoms with Gasteiger partial charge in [0.1, 0.15) is 5.60 Å². The fourth-order valence-electron chi connectivity index (χ4n) is 10.8. The summed E-state index contributed by atoms with van der Waals surface area (Å²) in [5.74, 6) is 2.35. The van der Waals surface area contributed by atoms with E-state index in [1.807, 2.05) is 12.5 Å². The molecule has 1 aromatic heterocycles. The predicted octanol–water partition coefficient (Wildman–Crippen LogP) is 7.03. The zero-order chi connectivity index (χ0) is 27.2. The molecule has 0 bridgehead atoms. The summed E-state index contributed by atoms with van der Waals surface area (Å²) >= 11 is 0. The molecule has 4 aliphatic carbocycles. The van der Waals surface area contributed by atoms with Crippen LogP contribution in [0.3, 0.4) is 0 Å². The van der Waals surface area contributed by atoms with Crippen LogP contribution in [0.4, 0.5) is 0 Å². The predicted molar refractivity (Wildman–Crippen MR) is 159 cm³/mol. The largest absolute Gasteiger partial charge is 0.472 e. The molecule has 5 fully saturated rings. The molecular weight excluding hydrogens is 496 g/mol. The van der Waals surface area contributed by atoms with Crippen LogP contribution in [0.5, 0.6) is 0 Å². The molecule has 0 spiro atoms. The number of likely N-dealkylation sites (tertiary alicyclic amines) is 2. The highest BCUT2D eigenvalue weighted by molar-refractivity contribution is 5.30. The monoisotopic (exact) mass is 550 g/mol. The Morgan fingerprint density at radius 1 is 0.850 bits per heavy atom. The smallest absolute Gasteiger partial charge is 0.102 e. The lowest BCUT2D eigenvalue weighted by molar-refractivity contribution is -0.167. The zero-order valence-corrected chi connectivity index (χ0v) is 25.4. The van der Waals surface area contributed by atoms with Crippen LogP contribution in [0.25, 0.3) is 0 Å². The van der Waals surface area contributed by atoms with Gasteiger partial charge in [-0.25, -0.2) is 0 Å². The fraction of sp³-hybridized carbons (Fsp3) is 0.829. The Morgan fingerprint density at radius 2 is 1.57 bits per heavy atom. The van der Waals surface area contributed by atoms with Gasteiger partial charge < -0.3 is 23.7 Å². The van der Waals surface area contributed by atoms with Crippen LogP contribution in [0.1, 0.15) is 96.5 Å². The summed E-state index contributed by atoms with van der Waals surface area (Å²) in [4.78, 5) is 5.17. The molecule has 3 heterocycles. The Bertz CT molecular complexity index is 1030. The highest BCUT2D eigenvalue weighted by Crippen LogP contribution is 2.70. The van der Waals surface area contributed by atoms with Crippen LogP contribution in [-0.2, 0) is 15.1 Å². The lowest BCUT2D eigenvalue weighted by Crippen LogP contribution is -2.54. The van der Waals surface area contributed by atoms with Crippen molar-refractivity contribution in [1.82, 2.24) is 9.80 Å². The third-order valence-corrected chi connectivity index (χ3v) is 13.1. The van der Waals surface area contributed by atoms with Gasteiger partial charge in [-0.2, -0.15) is 0 Å². The Kier molecular flexibility index (Phi) is 7.73. The lowest BCUT2D eigenvalue weighted by Gasteiger charge is -2.60. The summed E-state index contributed by atoms with van der Waals surface area (Å²) in [5, 5.41) is 0. The van der Waals surface area contributed by atoms with Crippen molar-refractivity contribution in [2.45, 2.75) is 103 Å². The second kappa shape index (κ2) is 11.2. The van der Waals surface area contributed by atoms with E-state index in [9.17, 15) is 0 Å². The normalized spacial score (nSPS) is 42.0. The molecule has 5 heteroatoms. The van der Waals surface area contributed by atoms with E-state index in [2.05, 4.69) is 35.8 Å².